The van der Waals surface area contributed by atoms with Crippen LogP contribution >= 0.6 is 0 Å². The van der Waals surface area contributed by atoms with E-state index in [4.69, 9.17) is 9.47 Å². The Bertz CT molecular complexity index is 681. The van der Waals surface area contributed by atoms with Crippen LogP contribution in [0.4, 0.5) is 0 Å². The smallest absolute Gasteiger partial charge is 0.0909 e. The Hall–Kier alpha value is -0.380. The van der Waals surface area contributed by atoms with E-state index in [2.05, 4.69) is 39.8 Å². The largest absolute Gasteiger partial charge is 0.390 e. The minimum Gasteiger partial charge on any atom is -0.390 e. The van der Waals surface area contributed by atoms with Gasteiger partial charge in [-0.15, -0.1) is 0 Å². The minimum atomic E-state index is -0.553. The van der Waals surface area contributed by atoms with Crippen LogP contribution < -0.4 is 0 Å². The summed E-state index contributed by atoms with van der Waals surface area (Å²) in [7, 11) is 0. The summed E-state index contributed by atoms with van der Waals surface area (Å²) in [6, 6.07) is 0. The highest BCUT2D eigenvalue weighted by Crippen LogP contribution is 2.79. The average molecular weight is 330 g/mol. The predicted molar refractivity (Wildman–Crippen MR) is 90.3 cm³/mol. The molecule has 10 atom stereocenters. The Kier molecular flexibility index (Phi) is 2.18. The Balaban J connectivity index is 1.54. The number of ether oxygens (including phenoxy) is 2. The topological polar surface area (TPSA) is 42.0 Å². The van der Waals surface area contributed by atoms with Gasteiger partial charge in [-0.25, -0.2) is 0 Å². The van der Waals surface area contributed by atoms with Gasteiger partial charge in [0.15, 0.2) is 0 Å². The van der Waals surface area contributed by atoms with Gasteiger partial charge in [-0.05, 0) is 44.4 Å². The fourth-order valence-electron chi connectivity index (χ4n) is 8.46. The second-order valence-electron chi connectivity index (χ2n) is 11.0. The van der Waals surface area contributed by atoms with E-state index in [9.17, 15) is 5.11 Å². The molecule has 0 aromatic carbocycles. The van der Waals surface area contributed by atoms with E-state index in [0.29, 0.717) is 24.0 Å². The third kappa shape index (κ3) is 1.23. The molecular weight excluding hydrogens is 300 g/mol. The second kappa shape index (κ2) is 3.54. The van der Waals surface area contributed by atoms with Crippen molar-refractivity contribution < 1.29 is 14.6 Å². The molecule has 3 nitrogen and oxygen atoms in total. The van der Waals surface area contributed by atoms with E-state index >= 15 is 0 Å². The van der Waals surface area contributed by atoms with Crippen molar-refractivity contribution in [2.24, 2.45) is 34.0 Å². The molecule has 0 amide bonds. The quantitative estimate of drug-likeness (QED) is 0.547. The Morgan fingerprint density at radius 2 is 1.88 bits per heavy atom. The summed E-state index contributed by atoms with van der Waals surface area (Å²) in [4.78, 5) is 0. The third-order valence-corrected chi connectivity index (χ3v) is 9.87. The SMILES string of the molecule is CC1(C)[C@H]2O[C@H]2[C@H]2[C@@]3(C)O[C@H](C[C@@]45C=C[C@@H](C[C@H]43)[C@](C)(O)C5)[C@]21C. The molecule has 2 saturated carbocycles. The van der Waals surface area contributed by atoms with Crippen LogP contribution in [0.1, 0.15) is 53.9 Å². The maximum absolute atomic E-state index is 11.0. The monoisotopic (exact) mass is 330 g/mol. The van der Waals surface area contributed by atoms with Gasteiger partial charge in [-0.2, -0.15) is 0 Å². The van der Waals surface area contributed by atoms with Gasteiger partial charge in [-0.3, -0.25) is 0 Å². The molecule has 3 heterocycles. The number of fused-ring (bicyclic) bond motifs is 8. The van der Waals surface area contributed by atoms with Gasteiger partial charge < -0.3 is 14.6 Å². The van der Waals surface area contributed by atoms with E-state index in [1.165, 1.54) is 0 Å². The van der Waals surface area contributed by atoms with Gasteiger partial charge in [-0.1, -0.05) is 32.9 Å². The van der Waals surface area contributed by atoms with Gasteiger partial charge in [0.1, 0.15) is 0 Å². The van der Waals surface area contributed by atoms with Crippen molar-refractivity contribution in [3.63, 3.8) is 0 Å². The molecule has 1 spiro atoms. The first kappa shape index (κ1) is 14.8. The highest BCUT2D eigenvalue weighted by Gasteiger charge is 2.84. The van der Waals surface area contributed by atoms with Crippen molar-refractivity contribution >= 4 is 0 Å². The van der Waals surface area contributed by atoms with Crippen LogP contribution in [0.3, 0.4) is 0 Å². The van der Waals surface area contributed by atoms with E-state index in [1.807, 2.05) is 6.92 Å². The first-order valence-corrected chi connectivity index (χ1v) is 9.81. The molecule has 7 rings (SSSR count). The van der Waals surface area contributed by atoms with Crippen LogP contribution in [0.2, 0.25) is 0 Å². The average Bonchev–Trinajstić information content (AvgIpc) is 3.18. The molecule has 24 heavy (non-hydrogen) atoms. The van der Waals surface area contributed by atoms with Gasteiger partial charge in [0.25, 0.3) is 0 Å². The predicted octanol–water partition coefficient (Wildman–Crippen LogP) is 3.31. The number of epoxide rings is 1. The molecule has 1 N–H and O–H groups in total. The zero-order valence-electron chi connectivity index (χ0n) is 15.5. The maximum Gasteiger partial charge on any atom is 0.0909 e. The molecule has 5 fully saturated rings. The van der Waals surface area contributed by atoms with Crippen LogP contribution in [0, 0.1) is 34.0 Å². The van der Waals surface area contributed by atoms with Crippen molar-refractivity contribution in [3.8, 4) is 0 Å². The number of hydrogen-bond acceptors (Lipinski definition) is 3. The summed E-state index contributed by atoms with van der Waals surface area (Å²) in [5.41, 5.74) is -0.199. The lowest BCUT2D eigenvalue weighted by molar-refractivity contribution is -0.219. The number of aliphatic hydroxyl groups is 1. The molecule has 0 aromatic rings. The van der Waals surface area contributed by atoms with E-state index in [1.54, 1.807) is 0 Å². The first-order chi connectivity index (χ1) is 11.1. The van der Waals surface area contributed by atoms with E-state index < -0.39 is 5.60 Å². The molecule has 0 aromatic heterocycles. The van der Waals surface area contributed by atoms with Crippen molar-refractivity contribution in [3.05, 3.63) is 12.2 Å². The summed E-state index contributed by atoms with van der Waals surface area (Å²) in [6.45, 7) is 11.7. The Morgan fingerprint density at radius 3 is 2.58 bits per heavy atom. The summed E-state index contributed by atoms with van der Waals surface area (Å²) in [6.07, 6.45) is 8.92. The Labute approximate surface area is 144 Å². The second-order valence-corrected chi connectivity index (χ2v) is 11.0. The van der Waals surface area contributed by atoms with Crippen LogP contribution in [0.5, 0.6) is 0 Å². The molecule has 7 aliphatic rings. The first-order valence-electron chi connectivity index (χ1n) is 9.81. The lowest BCUT2D eigenvalue weighted by Crippen LogP contribution is -2.62. The fourth-order valence-corrected chi connectivity index (χ4v) is 8.46. The van der Waals surface area contributed by atoms with Crippen molar-refractivity contribution in [2.45, 2.75) is 83.4 Å². The van der Waals surface area contributed by atoms with Crippen molar-refractivity contribution in [1.82, 2.24) is 0 Å². The van der Waals surface area contributed by atoms with Gasteiger partial charge >= 0.3 is 0 Å². The number of rotatable bonds is 0. The molecule has 3 aliphatic heterocycles. The molecule has 3 heteroatoms. The van der Waals surface area contributed by atoms with E-state index in [0.717, 1.165) is 19.3 Å². The molecule has 4 bridgehead atoms. The summed E-state index contributed by atoms with van der Waals surface area (Å²) in [5, 5.41) is 11.0. The molecule has 0 radical (unpaired) electrons. The minimum absolute atomic E-state index is 0.107. The molecule has 4 aliphatic carbocycles. The van der Waals surface area contributed by atoms with Crippen LogP contribution in [-0.2, 0) is 9.47 Å². The van der Waals surface area contributed by atoms with Crippen molar-refractivity contribution in [2.75, 3.05) is 0 Å². The summed E-state index contributed by atoms with van der Waals surface area (Å²) < 4.78 is 13.0. The number of allylic oxidation sites excluding steroid dienone is 1. The fraction of sp³-hybridized carbons (Fsp3) is 0.905. The van der Waals surface area contributed by atoms with Gasteiger partial charge in [0, 0.05) is 22.7 Å². The standard InChI is InChI=1S/C21H30O3/c1-17(2)16-14(23-16)15-19(17,4)13-9-21-7-6-11(18(3,22)10-21)8-12(21)20(15,5)24-13/h6-7,11-16,22H,8-10H2,1-5H3/t11-,12-,13+,14-,15+,16-,18+,19+,20-,21+/m0/s1. The molecule has 132 valence electrons. The Morgan fingerprint density at radius 1 is 1.12 bits per heavy atom. The van der Waals surface area contributed by atoms with Gasteiger partial charge in [0.05, 0.1) is 29.5 Å². The third-order valence-electron chi connectivity index (χ3n) is 9.87. The van der Waals surface area contributed by atoms with Crippen molar-refractivity contribution in [1.29, 1.82) is 0 Å². The highest BCUT2D eigenvalue weighted by atomic mass is 16.6. The normalized spacial score (nSPS) is 70.1. The van der Waals surface area contributed by atoms with Crippen LogP contribution in [0.25, 0.3) is 0 Å². The maximum atomic E-state index is 11.0. The van der Waals surface area contributed by atoms with Crippen LogP contribution in [-0.4, -0.2) is 34.6 Å². The molecule has 3 saturated heterocycles. The lowest BCUT2D eigenvalue weighted by atomic mass is 9.48. The zero-order chi connectivity index (χ0) is 16.9. The zero-order valence-corrected chi connectivity index (χ0v) is 15.5. The van der Waals surface area contributed by atoms with E-state index in [-0.39, 0.29) is 33.9 Å². The molecular formula is C21H30O3. The summed E-state index contributed by atoms with van der Waals surface area (Å²) in [5.74, 6) is 1.29. The molecule has 0 unspecified atom stereocenters. The van der Waals surface area contributed by atoms with Gasteiger partial charge in [0.2, 0.25) is 0 Å². The highest BCUT2D eigenvalue weighted by molar-refractivity contribution is 5.35. The number of hydrogen-bond donors (Lipinski definition) is 1. The van der Waals surface area contributed by atoms with Crippen LogP contribution in [0.15, 0.2) is 12.2 Å². The lowest BCUT2D eigenvalue weighted by Gasteiger charge is -2.62. The summed E-state index contributed by atoms with van der Waals surface area (Å²) >= 11 is 0.